The van der Waals surface area contributed by atoms with Gasteiger partial charge >= 0.3 is 0 Å². The zero-order chi connectivity index (χ0) is 16.5. The van der Waals surface area contributed by atoms with Crippen molar-refractivity contribution in [2.45, 2.75) is 39.5 Å². The fourth-order valence-electron chi connectivity index (χ4n) is 3.34. The zero-order valence-corrected chi connectivity index (χ0v) is 14.1. The molecule has 0 aliphatic carbocycles. The molecule has 2 aliphatic rings. The number of hydrogen-bond donors (Lipinski definition) is 0. The molecular weight excluding hydrogens is 308 g/mol. The maximum absolute atomic E-state index is 6.07. The molecule has 0 radical (unpaired) electrons. The van der Waals surface area contributed by atoms with Gasteiger partial charge in [0.05, 0.1) is 18.4 Å². The normalized spacial score (nSPS) is 20.0. The third-order valence-corrected chi connectivity index (χ3v) is 4.75. The molecule has 24 heavy (non-hydrogen) atoms. The number of aryl methyl sites for hydroxylation is 2. The largest absolute Gasteiger partial charge is 0.454 e. The topological polar surface area (TPSA) is 57.0 Å². The Morgan fingerprint density at radius 1 is 1.29 bits per heavy atom. The second-order valence-electron chi connectivity index (χ2n) is 6.41. The highest BCUT2D eigenvalue weighted by atomic mass is 16.7. The van der Waals surface area contributed by atoms with E-state index in [1.807, 2.05) is 26.0 Å². The molecule has 3 heterocycles. The predicted molar refractivity (Wildman–Crippen MR) is 87.0 cm³/mol. The summed E-state index contributed by atoms with van der Waals surface area (Å²) in [7, 11) is 0. The van der Waals surface area contributed by atoms with Crippen LogP contribution >= 0.6 is 0 Å². The first-order valence-corrected chi connectivity index (χ1v) is 8.34. The fraction of sp³-hybridized carbons (Fsp3) is 0.500. The number of fused-ring (bicyclic) bond motifs is 1. The van der Waals surface area contributed by atoms with Crippen molar-refractivity contribution in [2.75, 3.05) is 19.9 Å². The summed E-state index contributed by atoms with van der Waals surface area (Å²) in [5.41, 5.74) is 3.16. The van der Waals surface area contributed by atoms with Gasteiger partial charge < -0.3 is 18.7 Å². The summed E-state index contributed by atoms with van der Waals surface area (Å²) in [5.74, 6) is 2.58. The van der Waals surface area contributed by atoms with Crippen molar-refractivity contribution in [3.63, 3.8) is 0 Å². The SMILES string of the molecule is Cc1noc(C)c1COC1CCN(Cc2cccc3c2OCO3)C1. The summed E-state index contributed by atoms with van der Waals surface area (Å²) >= 11 is 0. The Morgan fingerprint density at radius 2 is 2.21 bits per heavy atom. The number of nitrogens with zero attached hydrogens (tertiary/aromatic N) is 2. The number of ether oxygens (including phenoxy) is 3. The maximum atomic E-state index is 6.07. The summed E-state index contributed by atoms with van der Waals surface area (Å²) in [6.45, 7) is 7.57. The molecule has 4 rings (SSSR count). The van der Waals surface area contributed by atoms with Gasteiger partial charge in [0.25, 0.3) is 0 Å². The highest BCUT2D eigenvalue weighted by Crippen LogP contribution is 2.36. The number of benzene rings is 1. The molecule has 2 aromatic rings. The highest BCUT2D eigenvalue weighted by molar-refractivity contribution is 5.48. The van der Waals surface area contributed by atoms with Gasteiger partial charge in [-0.05, 0) is 26.3 Å². The number of likely N-dealkylation sites (tertiary alicyclic amines) is 1. The van der Waals surface area contributed by atoms with Crippen LogP contribution in [0.4, 0.5) is 0 Å². The van der Waals surface area contributed by atoms with Crippen LogP contribution in [0, 0.1) is 13.8 Å². The molecule has 6 heteroatoms. The van der Waals surface area contributed by atoms with Gasteiger partial charge in [0, 0.05) is 30.8 Å². The van der Waals surface area contributed by atoms with E-state index >= 15 is 0 Å². The van der Waals surface area contributed by atoms with Crippen molar-refractivity contribution in [2.24, 2.45) is 0 Å². The zero-order valence-electron chi connectivity index (χ0n) is 14.1. The number of para-hydroxylation sites is 1. The molecule has 1 saturated heterocycles. The summed E-state index contributed by atoms with van der Waals surface area (Å²) in [6.07, 6.45) is 1.28. The molecule has 1 unspecified atom stereocenters. The van der Waals surface area contributed by atoms with Crippen LogP contribution in [0.3, 0.4) is 0 Å². The van der Waals surface area contributed by atoms with E-state index in [0.29, 0.717) is 13.4 Å². The molecule has 1 aromatic carbocycles. The molecule has 1 atom stereocenters. The number of rotatable bonds is 5. The summed E-state index contributed by atoms with van der Waals surface area (Å²) < 4.78 is 22.3. The average molecular weight is 330 g/mol. The van der Waals surface area contributed by atoms with Crippen molar-refractivity contribution < 1.29 is 18.7 Å². The summed E-state index contributed by atoms with van der Waals surface area (Å²) in [6, 6.07) is 6.07. The van der Waals surface area contributed by atoms with Crippen molar-refractivity contribution in [3.8, 4) is 11.5 Å². The van der Waals surface area contributed by atoms with Gasteiger partial charge in [-0.15, -0.1) is 0 Å². The van der Waals surface area contributed by atoms with Crippen molar-refractivity contribution in [1.29, 1.82) is 0 Å². The Hall–Kier alpha value is -2.05. The lowest BCUT2D eigenvalue weighted by atomic mass is 10.2. The first kappa shape index (κ1) is 15.5. The Morgan fingerprint density at radius 3 is 3.04 bits per heavy atom. The molecule has 0 amide bonds. The van der Waals surface area contributed by atoms with E-state index in [1.54, 1.807) is 0 Å². The lowest BCUT2D eigenvalue weighted by molar-refractivity contribution is 0.0452. The van der Waals surface area contributed by atoms with Crippen LogP contribution in [-0.2, 0) is 17.9 Å². The van der Waals surface area contributed by atoms with Gasteiger partial charge in [0.15, 0.2) is 11.5 Å². The maximum Gasteiger partial charge on any atom is 0.231 e. The van der Waals surface area contributed by atoms with Crippen LogP contribution in [0.2, 0.25) is 0 Å². The molecule has 0 bridgehead atoms. The predicted octanol–water partition coefficient (Wildman–Crippen LogP) is 2.81. The smallest absolute Gasteiger partial charge is 0.231 e. The minimum atomic E-state index is 0.243. The van der Waals surface area contributed by atoms with Crippen LogP contribution < -0.4 is 9.47 Å². The van der Waals surface area contributed by atoms with Crippen molar-refractivity contribution in [1.82, 2.24) is 10.1 Å². The third kappa shape index (κ3) is 2.99. The van der Waals surface area contributed by atoms with Gasteiger partial charge in [0.2, 0.25) is 6.79 Å². The standard InChI is InChI=1S/C18H22N2O4/c1-12-16(13(2)24-19-12)10-21-15-6-7-20(9-15)8-14-4-3-5-17-18(14)23-11-22-17/h3-5,15H,6-11H2,1-2H3. The molecule has 0 spiro atoms. The van der Waals surface area contributed by atoms with Crippen molar-refractivity contribution in [3.05, 3.63) is 40.8 Å². The molecule has 2 aliphatic heterocycles. The quantitative estimate of drug-likeness (QED) is 0.840. The van der Waals surface area contributed by atoms with Gasteiger partial charge in [-0.25, -0.2) is 0 Å². The van der Waals surface area contributed by atoms with Gasteiger partial charge in [-0.3, -0.25) is 4.90 Å². The average Bonchev–Trinajstić information content (AvgIpc) is 3.28. The number of aromatic nitrogens is 1. The summed E-state index contributed by atoms with van der Waals surface area (Å²) in [4.78, 5) is 2.40. The minimum Gasteiger partial charge on any atom is -0.454 e. The van der Waals surface area contributed by atoms with Gasteiger partial charge in [0.1, 0.15) is 5.76 Å². The summed E-state index contributed by atoms with van der Waals surface area (Å²) in [5, 5.41) is 3.97. The molecule has 6 nitrogen and oxygen atoms in total. The first-order valence-electron chi connectivity index (χ1n) is 8.34. The molecule has 0 saturated carbocycles. The number of hydrogen-bond acceptors (Lipinski definition) is 6. The van der Waals surface area contributed by atoms with Crippen LogP contribution in [0.1, 0.15) is 29.0 Å². The molecule has 0 N–H and O–H groups in total. The van der Waals surface area contributed by atoms with Crippen LogP contribution in [0.25, 0.3) is 0 Å². The van der Waals surface area contributed by atoms with Gasteiger partial charge in [-0.1, -0.05) is 17.3 Å². The fourth-order valence-corrected chi connectivity index (χ4v) is 3.34. The van der Waals surface area contributed by atoms with Crippen molar-refractivity contribution >= 4 is 0 Å². The Bertz CT molecular complexity index is 708. The van der Waals surface area contributed by atoms with E-state index in [4.69, 9.17) is 18.7 Å². The molecule has 1 aromatic heterocycles. The van der Waals surface area contributed by atoms with E-state index in [-0.39, 0.29) is 6.10 Å². The van der Waals surface area contributed by atoms with Crippen LogP contribution in [0.15, 0.2) is 22.7 Å². The van der Waals surface area contributed by atoms with E-state index in [0.717, 1.165) is 54.6 Å². The third-order valence-electron chi connectivity index (χ3n) is 4.75. The van der Waals surface area contributed by atoms with E-state index in [1.165, 1.54) is 5.56 Å². The monoisotopic (exact) mass is 330 g/mol. The Balaban J connectivity index is 1.33. The lowest BCUT2D eigenvalue weighted by Crippen LogP contribution is -2.23. The van der Waals surface area contributed by atoms with Crippen LogP contribution in [-0.4, -0.2) is 36.0 Å². The van der Waals surface area contributed by atoms with Gasteiger partial charge in [-0.2, -0.15) is 0 Å². The first-order chi connectivity index (χ1) is 11.7. The molecule has 128 valence electrons. The second-order valence-corrected chi connectivity index (χ2v) is 6.41. The molecular formula is C18H22N2O4. The lowest BCUT2D eigenvalue weighted by Gasteiger charge is -2.17. The highest BCUT2D eigenvalue weighted by Gasteiger charge is 2.26. The van der Waals surface area contributed by atoms with E-state index in [9.17, 15) is 0 Å². The van der Waals surface area contributed by atoms with E-state index < -0.39 is 0 Å². The minimum absolute atomic E-state index is 0.243. The second kappa shape index (κ2) is 6.45. The van der Waals surface area contributed by atoms with Crippen LogP contribution in [0.5, 0.6) is 11.5 Å². The molecule has 1 fully saturated rings. The Labute approximate surface area is 141 Å². The van der Waals surface area contributed by atoms with E-state index in [2.05, 4.69) is 16.1 Å². The Kier molecular flexibility index (Phi) is 4.16.